The van der Waals surface area contributed by atoms with Crippen molar-refractivity contribution in [2.45, 2.75) is 0 Å². The van der Waals surface area contributed by atoms with Gasteiger partial charge in [0, 0.05) is 25.4 Å². The minimum Gasteiger partial charge on any atom is -0.395 e. The summed E-state index contributed by atoms with van der Waals surface area (Å²) >= 11 is 0. The number of amides is 1. The Morgan fingerprint density at radius 1 is 1.47 bits per heavy atom. The van der Waals surface area contributed by atoms with Crippen LogP contribution in [0.25, 0.3) is 0 Å². The number of hydrogen-bond acceptors (Lipinski definition) is 4. The second-order valence-electron chi connectivity index (χ2n) is 3.34. The highest BCUT2D eigenvalue weighted by Crippen LogP contribution is 2.02. The molecule has 0 saturated carbocycles. The lowest BCUT2D eigenvalue weighted by atomic mass is 10.2. The average molecular weight is 234 g/mol. The SMILES string of the molecule is CN(CCO)C(=O)c1ccc(C#CCO)cn1. The molecule has 2 N–H and O–H groups in total. The third-order valence-corrected chi connectivity index (χ3v) is 2.08. The van der Waals surface area contributed by atoms with Crippen molar-refractivity contribution in [1.29, 1.82) is 0 Å². The van der Waals surface area contributed by atoms with E-state index in [1.165, 1.54) is 11.1 Å². The fourth-order valence-corrected chi connectivity index (χ4v) is 1.18. The highest BCUT2D eigenvalue weighted by molar-refractivity contribution is 5.92. The van der Waals surface area contributed by atoms with Crippen LogP contribution in [0.4, 0.5) is 0 Å². The monoisotopic (exact) mass is 234 g/mol. The standard InChI is InChI=1S/C12H14N2O3/c1-14(6-8-16)12(17)11-5-4-10(9-13-11)3-2-7-15/h4-5,9,15-16H,6-8H2,1H3. The van der Waals surface area contributed by atoms with Gasteiger partial charge >= 0.3 is 0 Å². The number of hydrogen-bond donors (Lipinski definition) is 2. The van der Waals surface area contributed by atoms with Crippen molar-refractivity contribution in [1.82, 2.24) is 9.88 Å². The number of likely N-dealkylation sites (N-methyl/N-ethyl adjacent to an activating group) is 1. The Balaban J connectivity index is 2.77. The summed E-state index contributed by atoms with van der Waals surface area (Å²) in [4.78, 5) is 17.1. The van der Waals surface area contributed by atoms with Gasteiger partial charge < -0.3 is 15.1 Å². The lowest BCUT2D eigenvalue weighted by molar-refractivity contribution is 0.0761. The summed E-state index contributed by atoms with van der Waals surface area (Å²) in [5, 5.41) is 17.2. The van der Waals surface area contributed by atoms with E-state index in [9.17, 15) is 4.79 Å². The van der Waals surface area contributed by atoms with Crippen LogP contribution < -0.4 is 0 Å². The molecular formula is C12H14N2O3. The Kier molecular flexibility index (Phi) is 5.14. The maximum Gasteiger partial charge on any atom is 0.272 e. The van der Waals surface area contributed by atoms with Crippen LogP contribution in [0.2, 0.25) is 0 Å². The van der Waals surface area contributed by atoms with Crippen molar-refractivity contribution >= 4 is 5.91 Å². The van der Waals surface area contributed by atoms with Gasteiger partial charge in [0.1, 0.15) is 12.3 Å². The summed E-state index contributed by atoms with van der Waals surface area (Å²) in [5.74, 6) is 4.93. The average Bonchev–Trinajstić information content (AvgIpc) is 2.36. The van der Waals surface area contributed by atoms with E-state index in [1.807, 2.05) is 0 Å². The number of carbonyl (C=O) groups excluding carboxylic acids is 1. The Morgan fingerprint density at radius 2 is 2.24 bits per heavy atom. The molecule has 1 amide bonds. The zero-order valence-electron chi connectivity index (χ0n) is 9.55. The largest absolute Gasteiger partial charge is 0.395 e. The quantitative estimate of drug-likeness (QED) is 0.691. The molecule has 0 aliphatic rings. The topological polar surface area (TPSA) is 73.7 Å². The predicted molar refractivity (Wildman–Crippen MR) is 62.2 cm³/mol. The van der Waals surface area contributed by atoms with Gasteiger partial charge in [0.15, 0.2) is 0 Å². The van der Waals surface area contributed by atoms with Crippen LogP contribution in [-0.2, 0) is 0 Å². The molecule has 0 fully saturated rings. The number of aliphatic hydroxyl groups excluding tert-OH is 2. The maximum atomic E-state index is 11.7. The maximum absolute atomic E-state index is 11.7. The Bertz CT molecular complexity index is 431. The van der Waals surface area contributed by atoms with Crippen LogP contribution in [0.1, 0.15) is 16.1 Å². The smallest absolute Gasteiger partial charge is 0.272 e. The molecule has 0 atom stereocenters. The van der Waals surface area contributed by atoms with Gasteiger partial charge in [0.2, 0.25) is 0 Å². The lowest BCUT2D eigenvalue weighted by Crippen LogP contribution is -2.30. The predicted octanol–water partition coefficient (Wildman–Crippen LogP) is -0.510. The van der Waals surface area contributed by atoms with Crippen molar-refractivity contribution in [2.24, 2.45) is 0 Å². The second-order valence-corrected chi connectivity index (χ2v) is 3.34. The van der Waals surface area contributed by atoms with Gasteiger partial charge in [-0.3, -0.25) is 4.79 Å². The van der Waals surface area contributed by atoms with E-state index in [4.69, 9.17) is 10.2 Å². The summed E-state index contributed by atoms with van der Waals surface area (Å²) in [6, 6.07) is 3.23. The first-order valence-electron chi connectivity index (χ1n) is 5.11. The molecule has 5 nitrogen and oxygen atoms in total. The summed E-state index contributed by atoms with van der Waals surface area (Å²) in [7, 11) is 1.60. The van der Waals surface area contributed by atoms with Gasteiger partial charge in [-0.1, -0.05) is 11.8 Å². The number of rotatable bonds is 3. The molecule has 1 aromatic heterocycles. The number of pyridine rings is 1. The van der Waals surface area contributed by atoms with Crippen LogP contribution in [0.3, 0.4) is 0 Å². The fraction of sp³-hybridized carbons (Fsp3) is 0.333. The number of carbonyl (C=O) groups is 1. The van der Waals surface area contributed by atoms with Crippen molar-refractivity contribution in [3.63, 3.8) is 0 Å². The molecule has 0 bridgehead atoms. The van der Waals surface area contributed by atoms with E-state index in [0.29, 0.717) is 11.3 Å². The molecule has 0 aliphatic heterocycles. The molecule has 0 saturated heterocycles. The third kappa shape index (κ3) is 3.87. The number of nitrogens with zero attached hydrogens (tertiary/aromatic N) is 2. The van der Waals surface area contributed by atoms with E-state index in [2.05, 4.69) is 16.8 Å². The van der Waals surface area contributed by atoms with Crippen molar-refractivity contribution in [2.75, 3.05) is 26.8 Å². The minimum atomic E-state index is -0.249. The molecule has 0 aliphatic carbocycles. The molecule has 90 valence electrons. The van der Waals surface area contributed by atoms with Gasteiger partial charge in [0.25, 0.3) is 5.91 Å². The van der Waals surface area contributed by atoms with Crippen molar-refractivity contribution < 1.29 is 15.0 Å². The summed E-state index contributed by atoms with van der Waals surface area (Å²) in [6.07, 6.45) is 1.47. The fourth-order valence-electron chi connectivity index (χ4n) is 1.18. The molecule has 5 heteroatoms. The van der Waals surface area contributed by atoms with E-state index in [-0.39, 0.29) is 25.7 Å². The van der Waals surface area contributed by atoms with Crippen LogP contribution in [0.5, 0.6) is 0 Å². The highest BCUT2D eigenvalue weighted by atomic mass is 16.3. The summed E-state index contributed by atoms with van der Waals surface area (Å²) < 4.78 is 0. The van der Waals surface area contributed by atoms with Crippen molar-refractivity contribution in [3.8, 4) is 11.8 Å². The van der Waals surface area contributed by atoms with E-state index >= 15 is 0 Å². The zero-order valence-corrected chi connectivity index (χ0v) is 9.55. The van der Waals surface area contributed by atoms with Crippen LogP contribution in [0.15, 0.2) is 18.3 Å². The molecule has 0 unspecified atom stereocenters. The van der Waals surface area contributed by atoms with Gasteiger partial charge in [-0.15, -0.1) is 0 Å². The zero-order chi connectivity index (χ0) is 12.7. The highest BCUT2D eigenvalue weighted by Gasteiger charge is 2.11. The molecule has 1 heterocycles. The van der Waals surface area contributed by atoms with E-state index in [1.54, 1.807) is 19.2 Å². The first-order chi connectivity index (χ1) is 8.19. The number of aliphatic hydroxyl groups is 2. The Morgan fingerprint density at radius 3 is 2.76 bits per heavy atom. The minimum absolute atomic E-state index is 0.0811. The third-order valence-electron chi connectivity index (χ3n) is 2.08. The molecule has 0 radical (unpaired) electrons. The molecule has 1 rings (SSSR count). The van der Waals surface area contributed by atoms with Crippen molar-refractivity contribution in [3.05, 3.63) is 29.6 Å². The first kappa shape index (κ1) is 13.2. The summed E-state index contributed by atoms with van der Waals surface area (Å²) in [6.45, 7) is -0.0190. The molecule has 1 aromatic rings. The lowest BCUT2D eigenvalue weighted by Gasteiger charge is -2.14. The Hall–Kier alpha value is -1.90. The molecule has 0 spiro atoms. The van der Waals surface area contributed by atoms with Gasteiger partial charge in [-0.2, -0.15) is 0 Å². The van der Waals surface area contributed by atoms with Gasteiger partial charge in [0.05, 0.1) is 6.61 Å². The normalized spacial score (nSPS) is 9.35. The summed E-state index contributed by atoms with van der Waals surface area (Å²) in [5.41, 5.74) is 0.941. The Labute approximate surface area is 99.7 Å². The van der Waals surface area contributed by atoms with E-state index in [0.717, 1.165) is 0 Å². The second kappa shape index (κ2) is 6.63. The first-order valence-corrected chi connectivity index (χ1v) is 5.11. The molecule has 17 heavy (non-hydrogen) atoms. The van der Waals surface area contributed by atoms with Crippen LogP contribution in [-0.4, -0.2) is 52.8 Å². The van der Waals surface area contributed by atoms with E-state index < -0.39 is 0 Å². The molecular weight excluding hydrogens is 220 g/mol. The molecule has 0 aromatic carbocycles. The van der Waals surface area contributed by atoms with Gasteiger partial charge in [-0.05, 0) is 12.1 Å². The van der Waals surface area contributed by atoms with Gasteiger partial charge in [-0.25, -0.2) is 4.98 Å². The number of aromatic nitrogens is 1. The van der Waals surface area contributed by atoms with Crippen LogP contribution >= 0.6 is 0 Å². The van der Waals surface area contributed by atoms with Crippen LogP contribution in [0, 0.1) is 11.8 Å².